The van der Waals surface area contributed by atoms with Gasteiger partial charge in [0, 0.05) is 57.4 Å². The Morgan fingerprint density at radius 2 is 1.90 bits per heavy atom. The van der Waals surface area contributed by atoms with Crippen LogP contribution in [0.1, 0.15) is 44.1 Å². The number of piperidine rings is 1. The molecule has 1 N–H and O–H groups in total. The molecule has 2 fully saturated rings. The molecule has 1 saturated carbocycles. The van der Waals surface area contributed by atoms with E-state index in [0.717, 1.165) is 63.1 Å². The summed E-state index contributed by atoms with van der Waals surface area (Å²) in [5.74, 6) is 1.01. The second kappa shape index (κ2) is 12.3. The zero-order chi connectivity index (χ0) is 19.8. The molecule has 2 aliphatic rings. The molecule has 0 aromatic heterocycles. The van der Waals surface area contributed by atoms with E-state index in [1.54, 1.807) is 7.11 Å². The van der Waals surface area contributed by atoms with Gasteiger partial charge in [-0.05, 0) is 49.8 Å². The monoisotopic (exact) mass is 535 g/mol. The fourth-order valence-corrected chi connectivity index (χ4v) is 4.37. The Balaban J connectivity index is 0.00000300. The van der Waals surface area contributed by atoms with Crippen molar-refractivity contribution in [2.75, 3.05) is 47.0 Å². The maximum absolute atomic E-state index is 6.08. The van der Waals surface area contributed by atoms with E-state index in [-0.39, 0.29) is 29.4 Å². The van der Waals surface area contributed by atoms with Gasteiger partial charge in [0.05, 0.1) is 6.10 Å². The van der Waals surface area contributed by atoms with Crippen LogP contribution >= 0.6 is 35.6 Å². The highest BCUT2D eigenvalue weighted by Crippen LogP contribution is 2.43. The maximum Gasteiger partial charge on any atom is 0.193 e. The molecule has 1 aliphatic heterocycles. The molecule has 29 heavy (non-hydrogen) atoms. The third-order valence-corrected chi connectivity index (χ3v) is 6.40. The summed E-state index contributed by atoms with van der Waals surface area (Å²) in [6.07, 6.45) is 7.15. The van der Waals surface area contributed by atoms with Crippen LogP contribution in [0.2, 0.25) is 5.02 Å². The van der Waals surface area contributed by atoms with Crippen molar-refractivity contribution in [2.24, 2.45) is 4.99 Å². The van der Waals surface area contributed by atoms with Crippen LogP contribution in [0.3, 0.4) is 0 Å². The lowest BCUT2D eigenvalue weighted by Crippen LogP contribution is -2.52. The van der Waals surface area contributed by atoms with Crippen molar-refractivity contribution in [3.63, 3.8) is 0 Å². The second-order valence-electron chi connectivity index (χ2n) is 7.95. The number of halogens is 2. The fraction of sp³-hybridized carbons (Fsp3) is 0.682. The van der Waals surface area contributed by atoms with Gasteiger partial charge in [0.1, 0.15) is 0 Å². The van der Waals surface area contributed by atoms with E-state index in [2.05, 4.69) is 27.3 Å². The summed E-state index contributed by atoms with van der Waals surface area (Å²) in [6, 6.07) is 8.36. The van der Waals surface area contributed by atoms with Crippen molar-refractivity contribution in [3.05, 3.63) is 34.9 Å². The highest BCUT2D eigenvalue weighted by molar-refractivity contribution is 14.0. The van der Waals surface area contributed by atoms with Gasteiger partial charge < -0.3 is 19.7 Å². The summed E-state index contributed by atoms with van der Waals surface area (Å²) >= 11 is 6.08. The molecule has 0 radical (unpaired) electrons. The Kier molecular flexibility index (Phi) is 10.5. The summed E-state index contributed by atoms with van der Waals surface area (Å²) in [4.78, 5) is 6.91. The largest absolute Gasteiger partial charge is 0.385 e. The number of guanidine groups is 1. The molecule has 1 saturated heterocycles. The molecule has 0 amide bonds. The summed E-state index contributed by atoms with van der Waals surface area (Å²) in [6.45, 7) is 4.46. The van der Waals surface area contributed by atoms with Crippen LogP contribution in [0.15, 0.2) is 29.3 Å². The molecule has 1 aromatic carbocycles. The van der Waals surface area contributed by atoms with Crippen LogP contribution in [0.5, 0.6) is 0 Å². The van der Waals surface area contributed by atoms with Gasteiger partial charge in [0.25, 0.3) is 0 Å². The Labute approximate surface area is 197 Å². The van der Waals surface area contributed by atoms with E-state index >= 15 is 0 Å². The van der Waals surface area contributed by atoms with Gasteiger partial charge in [0.2, 0.25) is 0 Å². The highest BCUT2D eigenvalue weighted by Gasteiger charge is 2.39. The van der Waals surface area contributed by atoms with E-state index in [4.69, 9.17) is 21.1 Å². The SMILES string of the molecule is CN=C(NCC1(c2ccc(Cl)cc2)CCC1)N1CCC(OCCCOC)CC1.I. The molecule has 5 nitrogen and oxygen atoms in total. The summed E-state index contributed by atoms with van der Waals surface area (Å²) < 4.78 is 11.1. The lowest BCUT2D eigenvalue weighted by atomic mass is 9.64. The molecule has 164 valence electrons. The first-order valence-electron chi connectivity index (χ1n) is 10.5. The van der Waals surface area contributed by atoms with Crippen LogP contribution in [-0.2, 0) is 14.9 Å². The number of ether oxygens (including phenoxy) is 2. The molecule has 1 heterocycles. The number of hydrogen-bond donors (Lipinski definition) is 1. The first-order valence-corrected chi connectivity index (χ1v) is 10.9. The minimum Gasteiger partial charge on any atom is -0.385 e. The molecular weight excluding hydrogens is 501 g/mol. The number of rotatable bonds is 8. The van der Waals surface area contributed by atoms with E-state index in [9.17, 15) is 0 Å². The minimum absolute atomic E-state index is 0. The number of likely N-dealkylation sites (tertiary alicyclic amines) is 1. The Morgan fingerprint density at radius 3 is 2.45 bits per heavy atom. The predicted octanol–water partition coefficient (Wildman–Crippen LogP) is 4.47. The lowest BCUT2D eigenvalue weighted by Gasteiger charge is -2.44. The van der Waals surface area contributed by atoms with Crippen LogP contribution in [0.4, 0.5) is 0 Å². The van der Waals surface area contributed by atoms with Gasteiger partial charge in [0.15, 0.2) is 5.96 Å². The molecule has 0 atom stereocenters. The number of aliphatic imine (C=N–C) groups is 1. The molecule has 0 spiro atoms. The zero-order valence-corrected chi connectivity index (χ0v) is 20.7. The van der Waals surface area contributed by atoms with Gasteiger partial charge in [-0.2, -0.15) is 0 Å². The van der Waals surface area contributed by atoms with Crippen molar-refractivity contribution >= 4 is 41.5 Å². The van der Waals surface area contributed by atoms with Gasteiger partial charge in [-0.3, -0.25) is 4.99 Å². The van der Waals surface area contributed by atoms with Gasteiger partial charge in [-0.1, -0.05) is 30.2 Å². The first kappa shape index (κ1) is 24.7. The number of nitrogens with one attached hydrogen (secondary N) is 1. The topological polar surface area (TPSA) is 46.1 Å². The molecule has 7 heteroatoms. The van der Waals surface area contributed by atoms with E-state index < -0.39 is 0 Å². The van der Waals surface area contributed by atoms with Crippen molar-refractivity contribution < 1.29 is 9.47 Å². The predicted molar refractivity (Wildman–Crippen MR) is 131 cm³/mol. The van der Waals surface area contributed by atoms with Gasteiger partial charge >= 0.3 is 0 Å². The van der Waals surface area contributed by atoms with E-state index in [0.29, 0.717) is 6.10 Å². The van der Waals surface area contributed by atoms with Crippen LogP contribution < -0.4 is 5.32 Å². The standard InChI is InChI=1S/C22H34ClN3O2.HI/c1-24-21(26-13-9-20(10-14-26)28-16-4-15-27-2)25-17-22(11-3-12-22)18-5-7-19(23)8-6-18;/h5-8,20H,3-4,9-17H2,1-2H3,(H,24,25);1H. The maximum atomic E-state index is 6.08. The van der Waals surface area contributed by atoms with Crippen LogP contribution in [0, 0.1) is 0 Å². The molecule has 0 bridgehead atoms. The fourth-order valence-electron chi connectivity index (χ4n) is 4.24. The third-order valence-electron chi connectivity index (χ3n) is 6.15. The number of hydrogen-bond acceptors (Lipinski definition) is 3. The Morgan fingerprint density at radius 1 is 1.21 bits per heavy atom. The zero-order valence-electron chi connectivity index (χ0n) is 17.7. The number of nitrogens with zero attached hydrogens (tertiary/aromatic N) is 2. The summed E-state index contributed by atoms with van der Waals surface area (Å²) in [5, 5.41) is 4.46. The number of methoxy groups -OCH3 is 1. The second-order valence-corrected chi connectivity index (χ2v) is 8.38. The average Bonchev–Trinajstić information content (AvgIpc) is 2.69. The minimum atomic E-state index is 0. The summed E-state index contributed by atoms with van der Waals surface area (Å²) in [7, 11) is 3.61. The van der Waals surface area contributed by atoms with E-state index in [1.807, 2.05) is 19.2 Å². The molecule has 1 aliphatic carbocycles. The normalized spacial score (nSPS) is 19.4. The quantitative estimate of drug-likeness (QED) is 0.231. The molecule has 3 rings (SSSR count). The van der Waals surface area contributed by atoms with Crippen molar-refractivity contribution in [1.29, 1.82) is 0 Å². The highest BCUT2D eigenvalue weighted by atomic mass is 127. The smallest absolute Gasteiger partial charge is 0.193 e. The Hall–Kier alpha value is -0.570. The van der Waals surface area contributed by atoms with Gasteiger partial charge in [-0.25, -0.2) is 0 Å². The molecule has 1 aromatic rings. The molecular formula is C22H35ClIN3O2. The lowest BCUT2D eigenvalue weighted by molar-refractivity contribution is 0.00982. The Bertz CT molecular complexity index is 629. The van der Waals surface area contributed by atoms with Crippen LogP contribution in [-0.4, -0.2) is 64.0 Å². The van der Waals surface area contributed by atoms with Crippen molar-refractivity contribution in [2.45, 2.75) is 50.0 Å². The third kappa shape index (κ3) is 6.71. The summed E-state index contributed by atoms with van der Waals surface area (Å²) in [5.41, 5.74) is 1.60. The number of benzene rings is 1. The van der Waals surface area contributed by atoms with E-state index in [1.165, 1.54) is 24.8 Å². The van der Waals surface area contributed by atoms with Crippen molar-refractivity contribution in [3.8, 4) is 0 Å². The molecule has 0 unspecified atom stereocenters. The average molecular weight is 536 g/mol. The van der Waals surface area contributed by atoms with Gasteiger partial charge in [-0.15, -0.1) is 24.0 Å². The first-order chi connectivity index (χ1) is 13.7. The van der Waals surface area contributed by atoms with Crippen LogP contribution in [0.25, 0.3) is 0 Å². The van der Waals surface area contributed by atoms with Crippen molar-refractivity contribution in [1.82, 2.24) is 10.2 Å².